The normalized spacial score (nSPS) is 21.3. The molecule has 26 heavy (non-hydrogen) atoms. The summed E-state index contributed by atoms with van der Waals surface area (Å²) in [5, 5.41) is 3.75. The van der Waals surface area contributed by atoms with Gasteiger partial charge >= 0.3 is 0 Å². The van der Waals surface area contributed by atoms with E-state index in [0.29, 0.717) is 21.9 Å². The van der Waals surface area contributed by atoms with Crippen LogP contribution in [0, 0.1) is 17.3 Å². The highest BCUT2D eigenvalue weighted by molar-refractivity contribution is 7.17. The molecule has 0 spiro atoms. The van der Waals surface area contributed by atoms with Gasteiger partial charge in [0.1, 0.15) is 5.00 Å². The third-order valence-corrected chi connectivity index (χ3v) is 7.91. The van der Waals surface area contributed by atoms with Crippen LogP contribution < -0.4 is 11.1 Å². The Hall–Kier alpha value is -1.36. The summed E-state index contributed by atoms with van der Waals surface area (Å²) in [6, 6.07) is 0. The summed E-state index contributed by atoms with van der Waals surface area (Å²) in [7, 11) is 0. The molecular formula is C21H32N2O2S. The first kappa shape index (κ1) is 19.4. The summed E-state index contributed by atoms with van der Waals surface area (Å²) >= 11 is 1.58. The summed E-state index contributed by atoms with van der Waals surface area (Å²) in [5.41, 5.74) is 7.65. The molecule has 0 unspecified atom stereocenters. The second-order valence-electron chi connectivity index (χ2n) is 8.68. The summed E-state index contributed by atoms with van der Waals surface area (Å²) in [6.45, 7) is 6.91. The van der Waals surface area contributed by atoms with Crippen LogP contribution in [0.1, 0.15) is 86.5 Å². The molecular weight excluding hydrogens is 344 g/mol. The Morgan fingerprint density at radius 1 is 1.19 bits per heavy atom. The van der Waals surface area contributed by atoms with E-state index in [-0.39, 0.29) is 11.8 Å². The number of primary amides is 1. The first-order valence-electron chi connectivity index (χ1n) is 10.1. The van der Waals surface area contributed by atoms with E-state index in [9.17, 15) is 9.59 Å². The number of hydrogen-bond donors (Lipinski definition) is 2. The molecule has 0 aromatic carbocycles. The number of anilines is 1. The van der Waals surface area contributed by atoms with Gasteiger partial charge in [-0.1, -0.05) is 46.5 Å². The van der Waals surface area contributed by atoms with Crippen LogP contribution >= 0.6 is 11.3 Å². The Morgan fingerprint density at radius 3 is 2.50 bits per heavy atom. The molecule has 0 radical (unpaired) electrons. The van der Waals surface area contributed by atoms with Crippen molar-refractivity contribution in [3.05, 3.63) is 16.0 Å². The van der Waals surface area contributed by atoms with Gasteiger partial charge in [0.05, 0.1) is 5.56 Å². The van der Waals surface area contributed by atoms with Crippen LogP contribution in [-0.4, -0.2) is 11.8 Å². The zero-order valence-corrected chi connectivity index (χ0v) is 17.1. The maximum absolute atomic E-state index is 12.7. The SMILES string of the molecule is CCC(C)(C)[C@H]1CCc2c(sc(NC(=O)C3CCCCC3)c2C(N)=O)C1. The van der Waals surface area contributed by atoms with E-state index in [1.165, 1.54) is 11.3 Å². The van der Waals surface area contributed by atoms with Gasteiger partial charge in [-0.2, -0.15) is 0 Å². The minimum absolute atomic E-state index is 0.0660. The Bertz CT molecular complexity index is 686. The number of nitrogens with two attached hydrogens (primary N) is 1. The fourth-order valence-corrected chi connectivity index (χ4v) is 5.80. The van der Waals surface area contributed by atoms with Crippen molar-refractivity contribution in [3.63, 3.8) is 0 Å². The van der Waals surface area contributed by atoms with Crippen LogP contribution in [0.4, 0.5) is 5.00 Å². The molecule has 0 saturated heterocycles. The quantitative estimate of drug-likeness (QED) is 0.766. The minimum Gasteiger partial charge on any atom is -0.365 e. The summed E-state index contributed by atoms with van der Waals surface area (Å²) in [4.78, 5) is 26.0. The predicted octanol–water partition coefficient (Wildman–Crippen LogP) is 4.91. The molecule has 5 heteroatoms. The second kappa shape index (κ2) is 7.71. The Balaban J connectivity index is 1.83. The maximum Gasteiger partial charge on any atom is 0.251 e. The molecule has 1 heterocycles. The van der Waals surface area contributed by atoms with Crippen LogP contribution in [0.2, 0.25) is 0 Å². The molecule has 3 N–H and O–H groups in total. The average Bonchev–Trinajstić information content (AvgIpc) is 2.99. The van der Waals surface area contributed by atoms with Crippen molar-refractivity contribution in [1.82, 2.24) is 0 Å². The van der Waals surface area contributed by atoms with E-state index < -0.39 is 5.91 Å². The molecule has 2 amide bonds. The lowest BCUT2D eigenvalue weighted by Crippen LogP contribution is -2.29. The maximum atomic E-state index is 12.7. The number of hydrogen-bond acceptors (Lipinski definition) is 3. The smallest absolute Gasteiger partial charge is 0.251 e. The Labute approximate surface area is 160 Å². The first-order valence-corrected chi connectivity index (χ1v) is 10.9. The standard InChI is InChI=1S/C21H32N2O2S/c1-4-21(2,3)14-10-11-15-16(12-14)26-20(17(15)18(22)24)23-19(25)13-8-6-5-7-9-13/h13-14H,4-12H2,1-3H3,(H2,22,24)(H,23,25)/t14-/m0/s1. The molecule has 0 aliphatic heterocycles. The number of nitrogens with one attached hydrogen (secondary N) is 1. The van der Waals surface area contributed by atoms with Gasteiger partial charge < -0.3 is 11.1 Å². The predicted molar refractivity (Wildman–Crippen MR) is 108 cm³/mol. The van der Waals surface area contributed by atoms with E-state index in [0.717, 1.165) is 56.9 Å². The van der Waals surface area contributed by atoms with Crippen molar-refractivity contribution in [2.45, 2.75) is 78.6 Å². The highest BCUT2D eigenvalue weighted by Crippen LogP contribution is 2.45. The number of carbonyl (C=O) groups excluding carboxylic acids is 2. The molecule has 3 rings (SSSR count). The van der Waals surface area contributed by atoms with Gasteiger partial charge in [-0.05, 0) is 49.0 Å². The molecule has 1 atom stereocenters. The van der Waals surface area contributed by atoms with E-state index in [2.05, 4.69) is 26.1 Å². The van der Waals surface area contributed by atoms with Crippen LogP contribution in [0.5, 0.6) is 0 Å². The summed E-state index contributed by atoms with van der Waals surface area (Å²) in [6.07, 6.45) is 9.47. The largest absolute Gasteiger partial charge is 0.365 e. The van der Waals surface area contributed by atoms with Gasteiger partial charge in [0.15, 0.2) is 0 Å². The van der Waals surface area contributed by atoms with Gasteiger partial charge in [-0.25, -0.2) is 0 Å². The van der Waals surface area contributed by atoms with Crippen molar-refractivity contribution in [1.29, 1.82) is 0 Å². The molecule has 2 aliphatic carbocycles. The second-order valence-corrected chi connectivity index (χ2v) is 9.78. The third-order valence-electron chi connectivity index (χ3n) is 6.74. The molecule has 1 saturated carbocycles. The molecule has 1 fully saturated rings. The Kier molecular flexibility index (Phi) is 5.75. The molecule has 1 aromatic rings. The molecule has 1 aromatic heterocycles. The lowest BCUT2D eigenvalue weighted by atomic mass is 9.69. The highest BCUT2D eigenvalue weighted by Gasteiger charge is 2.35. The van der Waals surface area contributed by atoms with Crippen LogP contribution in [0.15, 0.2) is 0 Å². The van der Waals surface area contributed by atoms with Crippen LogP contribution in [0.25, 0.3) is 0 Å². The van der Waals surface area contributed by atoms with Gasteiger partial charge in [0.25, 0.3) is 5.91 Å². The lowest BCUT2D eigenvalue weighted by Gasteiger charge is -2.36. The average molecular weight is 377 g/mol. The van der Waals surface area contributed by atoms with E-state index in [1.807, 2.05) is 0 Å². The van der Waals surface area contributed by atoms with Crippen LogP contribution in [0.3, 0.4) is 0 Å². The number of rotatable bonds is 5. The monoisotopic (exact) mass is 376 g/mol. The third kappa shape index (κ3) is 3.83. The van der Waals surface area contributed by atoms with Crippen molar-refractivity contribution in [2.24, 2.45) is 23.0 Å². The van der Waals surface area contributed by atoms with Gasteiger partial charge in [-0.3, -0.25) is 9.59 Å². The number of thiophene rings is 1. The first-order chi connectivity index (χ1) is 12.3. The topological polar surface area (TPSA) is 72.2 Å². The van der Waals surface area contributed by atoms with Crippen molar-refractivity contribution in [2.75, 3.05) is 5.32 Å². The summed E-state index contributed by atoms with van der Waals surface area (Å²) in [5.74, 6) is 0.350. The van der Waals surface area contributed by atoms with Gasteiger partial charge in [0, 0.05) is 10.8 Å². The van der Waals surface area contributed by atoms with E-state index in [4.69, 9.17) is 5.73 Å². The molecule has 144 valence electrons. The zero-order valence-electron chi connectivity index (χ0n) is 16.3. The summed E-state index contributed by atoms with van der Waals surface area (Å²) < 4.78 is 0. The van der Waals surface area contributed by atoms with Crippen molar-refractivity contribution in [3.8, 4) is 0 Å². The van der Waals surface area contributed by atoms with E-state index in [1.54, 1.807) is 11.3 Å². The highest BCUT2D eigenvalue weighted by atomic mass is 32.1. The fraction of sp³-hybridized carbons (Fsp3) is 0.714. The van der Waals surface area contributed by atoms with Crippen molar-refractivity contribution >= 4 is 28.2 Å². The number of fused-ring (bicyclic) bond motifs is 1. The Morgan fingerprint density at radius 2 is 1.88 bits per heavy atom. The number of amides is 2. The molecule has 2 aliphatic rings. The fourth-order valence-electron chi connectivity index (χ4n) is 4.47. The van der Waals surface area contributed by atoms with Crippen molar-refractivity contribution < 1.29 is 9.59 Å². The van der Waals surface area contributed by atoms with E-state index >= 15 is 0 Å². The van der Waals surface area contributed by atoms with Crippen LogP contribution in [-0.2, 0) is 17.6 Å². The lowest BCUT2D eigenvalue weighted by molar-refractivity contribution is -0.120. The minimum atomic E-state index is -0.408. The van der Waals surface area contributed by atoms with Gasteiger partial charge in [0.2, 0.25) is 5.91 Å². The molecule has 0 bridgehead atoms. The number of carbonyl (C=O) groups is 2. The zero-order chi connectivity index (χ0) is 18.9. The van der Waals surface area contributed by atoms with Gasteiger partial charge in [-0.15, -0.1) is 11.3 Å². The molecule has 4 nitrogen and oxygen atoms in total.